The molecule has 0 spiro atoms. The summed E-state index contributed by atoms with van der Waals surface area (Å²) in [6.07, 6.45) is 1.73. The average molecular weight is 497 g/mol. The maximum absolute atomic E-state index is 12.4. The van der Waals surface area contributed by atoms with Gasteiger partial charge in [-0.2, -0.15) is 0 Å². The van der Waals surface area contributed by atoms with Crippen molar-refractivity contribution >= 4 is 37.5 Å². The molecule has 1 saturated heterocycles. The largest absolute Gasteiger partial charge is 0.483 e. The molecule has 1 unspecified atom stereocenters. The summed E-state index contributed by atoms with van der Waals surface area (Å²) >= 11 is 3.43. The van der Waals surface area contributed by atoms with Crippen LogP contribution in [-0.4, -0.2) is 40.2 Å². The zero-order valence-corrected chi connectivity index (χ0v) is 19.3. The van der Waals surface area contributed by atoms with Crippen molar-refractivity contribution < 1.29 is 22.7 Å². The molecule has 1 heterocycles. The van der Waals surface area contributed by atoms with Crippen molar-refractivity contribution in [2.45, 2.75) is 37.7 Å². The topological polar surface area (TPSA) is 93.7 Å². The second-order valence-electron chi connectivity index (χ2n) is 7.22. The fourth-order valence-corrected chi connectivity index (χ4v) is 5.02. The highest BCUT2D eigenvalue weighted by molar-refractivity contribution is 9.10. The molecule has 7 nitrogen and oxygen atoms in total. The van der Waals surface area contributed by atoms with Gasteiger partial charge < -0.3 is 14.8 Å². The van der Waals surface area contributed by atoms with Crippen LogP contribution in [0.1, 0.15) is 24.0 Å². The zero-order chi connectivity index (χ0) is 21.7. The van der Waals surface area contributed by atoms with Gasteiger partial charge in [0.15, 0.2) is 6.61 Å². The van der Waals surface area contributed by atoms with E-state index in [2.05, 4.69) is 26.0 Å². The summed E-state index contributed by atoms with van der Waals surface area (Å²) in [5.74, 6) is 0.343. The van der Waals surface area contributed by atoms with Crippen molar-refractivity contribution in [3.63, 3.8) is 0 Å². The van der Waals surface area contributed by atoms with Gasteiger partial charge >= 0.3 is 0 Å². The molecule has 30 heavy (non-hydrogen) atoms. The van der Waals surface area contributed by atoms with Crippen molar-refractivity contribution in [3.05, 3.63) is 52.0 Å². The summed E-state index contributed by atoms with van der Waals surface area (Å²) in [7, 11) is -3.62. The number of hydrogen-bond acceptors (Lipinski definition) is 5. The molecule has 0 saturated carbocycles. The molecule has 1 atom stereocenters. The summed E-state index contributed by atoms with van der Waals surface area (Å²) < 4.78 is 39.4. The van der Waals surface area contributed by atoms with E-state index in [1.165, 1.54) is 12.1 Å². The molecular weight excluding hydrogens is 472 g/mol. The lowest BCUT2D eigenvalue weighted by Crippen LogP contribution is -2.31. The Hall–Kier alpha value is -1.94. The average Bonchev–Trinajstić information content (AvgIpc) is 3.20. The Balaban J connectivity index is 1.54. The van der Waals surface area contributed by atoms with Gasteiger partial charge in [-0.1, -0.05) is 15.9 Å². The van der Waals surface area contributed by atoms with Crippen LogP contribution in [0.25, 0.3) is 0 Å². The van der Waals surface area contributed by atoms with E-state index in [0.29, 0.717) is 18.0 Å². The molecule has 1 aliphatic heterocycles. The molecule has 2 aromatic carbocycles. The number of anilines is 1. The SMILES string of the molecule is Cc1cc(Br)cc(C)c1OCC(=O)Nc1ccc(S(=O)(=O)NCC2CCCO2)cc1. The first-order valence-electron chi connectivity index (χ1n) is 9.65. The highest BCUT2D eigenvalue weighted by atomic mass is 79.9. The fourth-order valence-electron chi connectivity index (χ4n) is 3.27. The van der Waals surface area contributed by atoms with Gasteiger partial charge in [0.25, 0.3) is 5.91 Å². The third-order valence-electron chi connectivity index (χ3n) is 4.75. The lowest BCUT2D eigenvalue weighted by Gasteiger charge is -2.13. The van der Waals surface area contributed by atoms with Crippen LogP contribution in [0.3, 0.4) is 0 Å². The summed E-state index contributed by atoms with van der Waals surface area (Å²) in [6, 6.07) is 9.86. The Morgan fingerprint density at radius 3 is 2.47 bits per heavy atom. The molecule has 0 aromatic heterocycles. The van der Waals surface area contributed by atoms with Crippen LogP contribution < -0.4 is 14.8 Å². The number of carbonyl (C=O) groups excluding carboxylic acids is 1. The van der Waals surface area contributed by atoms with Gasteiger partial charge in [0.2, 0.25) is 10.0 Å². The van der Waals surface area contributed by atoms with Gasteiger partial charge in [-0.25, -0.2) is 13.1 Å². The molecule has 1 fully saturated rings. The number of halogens is 1. The molecule has 2 aromatic rings. The van der Waals surface area contributed by atoms with Crippen LogP contribution >= 0.6 is 15.9 Å². The Kier molecular flexibility index (Phi) is 7.51. The molecule has 0 bridgehead atoms. The molecule has 3 rings (SSSR count). The minimum Gasteiger partial charge on any atom is -0.483 e. The first kappa shape index (κ1) is 22.7. The molecular formula is C21H25BrN2O5S. The molecule has 2 N–H and O–H groups in total. The smallest absolute Gasteiger partial charge is 0.262 e. The Labute approximate surface area is 185 Å². The predicted molar refractivity (Wildman–Crippen MR) is 118 cm³/mol. The quantitative estimate of drug-likeness (QED) is 0.582. The van der Waals surface area contributed by atoms with Gasteiger partial charge in [-0.05, 0) is 74.2 Å². The van der Waals surface area contributed by atoms with Crippen LogP contribution in [0.4, 0.5) is 5.69 Å². The number of ether oxygens (including phenoxy) is 2. The van der Waals surface area contributed by atoms with Crippen LogP contribution in [-0.2, 0) is 19.6 Å². The van der Waals surface area contributed by atoms with Gasteiger partial charge in [0, 0.05) is 23.3 Å². The number of nitrogens with one attached hydrogen (secondary N) is 2. The van der Waals surface area contributed by atoms with Crippen LogP contribution in [0.15, 0.2) is 45.8 Å². The lowest BCUT2D eigenvalue weighted by molar-refractivity contribution is -0.118. The molecule has 162 valence electrons. The third kappa shape index (κ3) is 6.04. The second kappa shape index (κ2) is 9.91. The summed E-state index contributed by atoms with van der Waals surface area (Å²) in [4.78, 5) is 12.4. The van der Waals surface area contributed by atoms with Crippen molar-refractivity contribution in [1.82, 2.24) is 4.72 Å². The van der Waals surface area contributed by atoms with E-state index in [1.807, 2.05) is 26.0 Å². The van der Waals surface area contributed by atoms with Crippen LogP contribution in [0.5, 0.6) is 5.75 Å². The van der Waals surface area contributed by atoms with E-state index in [1.54, 1.807) is 12.1 Å². The highest BCUT2D eigenvalue weighted by Crippen LogP contribution is 2.27. The second-order valence-corrected chi connectivity index (χ2v) is 9.90. The van der Waals surface area contributed by atoms with E-state index in [0.717, 1.165) is 28.4 Å². The first-order chi connectivity index (χ1) is 14.2. The zero-order valence-electron chi connectivity index (χ0n) is 16.9. The summed E-state index contributed by atoms with van der Waals surface area (Å²) in [5.41, 5.74) is 2.35. The number of sulfonamides is 1. The van der Waals surface area contributed by atoms with E-state index >= 15 is 0 Å². The van der Waals surface area contributed by atoms with Gasteiger partial charge in [-0.15, -0.1) is 0 Å². The Morgan fingerprint density at radius 2 is 1.87 bits per heavy atom. The highest BCUT2D eigenvalue weighted by Gasteiger charge is 2.20. The Bertz CT molecular complexity index is 980. The normalized spacial score (nSPS) is 16.4. The summed E-state index contributed by atoms with van der Waals surface area (Å²) in [5, 5.41) is 2.71. The molecule has 9 heteroatoms. The van der Waals surface area contributed by atoms with E-state index in [4.69, 9.17) is 9.47 Å². The monoisotopic (exact) mass is 496 g/mol. The van der Waals surface area contributed by atoms with E-state index < -0.39 is 10.0 Å². The van der Waals surface area contributed by atoms with Crippen LogP contribution in [0.2, 0.25) is 0 Å². The molecule has 1 amide bonds. The minimum atomic E-state index is -3.62. The maximum Gasteiger partial charge on any atom is 0.262 e. The number of benzene rings is 2. The summed E-state index contributed by atoms with van der Waals surface area (Å²) in [6.45, 7) is 4.61. The van der Waals surface area contributed by atoms with Gasteiger partial charge in [0.1, 0.15) is 5.75 Å². The van der Waals surface area contributed by atoms with Crippen molar-refractivity contribution in [2.75, 3.05) is 25.1 Å². The number of hydrogen-bond donors (Lipinski definition) is 2. The number of aryl methyl sites for hydroxylation is 2. The van der Waals surface area contributed by atoms with Gasteiger partial charge in [0.05, 0.1) is 11.0 Å². The third-order valence-corrected chi connectivity index (χ3v) is 6.64. The van der Waals surface area contributed by atoms with Crippen LogP contribution in [0, 0.1) is 13.8 Å². The predicted octanol–water partition coefficient (Wildman–Crippen LogP) is 3.54. The van der Waals surface area contributed by atoms with Crippen molar-refractivity contribution in [3.8, 4) is 5.75 Å². The minimum absolute atomic E-state index is 0.0728. The number of carbonyl (C=O) groups is 1. The Morgan fingerprint density at radius 1 is 1.20 bits per heavy atom. The number of amides is 1. The van der Waals surface area contributed by atoms with Gasteiger partial charge in [-0.3, -0.25) is 4.79 Å². The number of rotatable bonds is 8. The van der Waals surface area contributed by atoms with E-state index in [-0.39, 0.29) is 30.1 Å². The first-order valence-corrected chi connectivity index (χ1v) is 11.9. The van der Waals surface area contributed by atoms with Crippen molar-refractivity contribution in [1.29, 1.82) is 0 Å². The van der Waals surface area contributed by atoms with E-state index in [9.17, 15) is 13.2 Å². The molecule has 0 radical (unpaired) electrons. The lowest BCUT2D eigenvalue weighted by atomic mass is 10.1. The fraction of sp³-hybridized carbons (Fsp3) is 0.381. The van der Waals surface area contributed by atoms with Crippen molar-refractivity contribution in [2.24, 2.45) is 0 Å². The molecule has 0 aliphatic carbocycles. The maximum atomic E-state index is 12.4. The molecule has 1 aliphatic rings. The standard InChI is InChI=1S/C21H25BrN2O5S/c1-14-10-16(22)11-15(2)21(14)29-13-20(25)24-17-5-7-19(8-6-17)30(26,27)23-12-18-4-3-9-28-18/h5-8,10-11,18,23H,3-4,9,12-13H2,1-2H3,(H,24,25).